The van der Waals surface area contributed by atoms with Crippen molar-refractivity contribution in [1.82, 2.24) is 5.32 Å². The van der Waals surface area contributed by atoms with Gasteiger partial charge in [-0.05, 0) is 37.5 Å². The number of guanidine groups is 1. The van der Waals surface area contributed by atoms with Gasteiger partial charge in [-0.15, -0.1) is 0 Å². The van der Waals surface area contributed by atoms with Crippen LogP contribution in [0.15, 0.2) is 4.99 Å². The summed E-state index contributed by atoms with van der Waals surface area (Å²) in [7, 11) is 0. The van der Waals surface area contributed by atoms with Gasteiger partial charge in [-0.1, -0.05) is 20.8 Å². The summed E-state index contributed by atoms with van der Waals surface area (Å²) in [6, 6.07) is 0.540. The zero-order valence-corrected chi connectivity index (χ0v) is 10.3. The summed E-state index contributed by atoms with van der Waals surface area (Å²) in [6.07, 6.45) is 6.06. The van der Waals surface area contributed by atoms with Crippen LogP contribution >= 0.6 is 0 Å². The molecule has 1 saturated carbocycles. The molecule has 0 radical (unpaired) electrons. The van der Waals surface area contributed by atoms with Crippen LogP contribution in [0.4, 0.5) is 0 Å². The van der Waals surface area contributed by atoms with Gasteiger partial charge in [-0.3, -0.25) is 4.99 Å². The lowest BCUT2D eigenvalue weighted by Gasteiger charge is -2.34. The molecule has 3 nitrogen and oxygen atoms in total. The molecule has 0 unspecified atom stereocenters. The third kappa shape index (κ3) is 4.54. The standard InChI is InChI=1S/C12H25N3/c1-4-9-14-11(13)15-10-5-7-12(2,3)8-6-10/h10H,4-9H2,1-3H3,(H3,13,14,15). The normalized spacial score (nSPS) is 22.7. The molecule has 0 aromatic rings. The summed E-state index contributed by atoms with van der Waals surface area (Å²) < 4.78 is 0. The highest BCUT2D eigenvalue weighted by Gasteiger charge is 2.26. The van der Waals surface area contributed by atoms with Gasteiger partial charge in [0.05, 0.1) is 0 Å². The van der Waals surface area contributed by atoms with E-state index >= 15 is 0 Å². The molecule has 0 saturated heterocycles. The van der Waals surface area contributed by atoms with Crippen LogP contribution in [0, 0.1) is 5.41 Å². The average Bonchev–Trinajstić information content (AvgIpc) is 2.18. The predicted molar refractivity (Wildman–Crippen MR) is 66.0 cm³/mol. The lowest BCUT2D eigenvalue weighted by molar-refractivity contribution is 0.217. The Morgan fingerprint density at radius 2 is 2.00 bits per heavy atom. The molecule has 0 heterocycles. The minimum atomic E-state index is 0.521. The number of aliphatic imine (C=N–C) groups is 1. The maximum Gasteiger partial charge on any atom is 0.188 e. The Morgan fingerprint density at radius 1 is 1.40 bits per heavy atom. The second-order valence-electron chi connectivity index (χ2n) is 5.35. The largest absolute Gasteiger partial charge is 0.370 e. The molecule has 3 N–H and O–H groups in total. The molecule has 1 fully saturated rings. The molecule has 1 aliphatic rings. The second-order valence-corrected chi connectivity index (χ2v) is 5.35. The monoisotopic (exact) mass is 211 g/mol. The first-order valence-corrected chi connectivity index (χ1v) is 6.10. The summed E-state index contributed by atoms with van der Waals surface area (Å²) >= 11 is 0. The van der Waals surface area contributed by atoms with Crippen LogP contribution in [0.5, 0.6) is 0 Å². The topological polar surface area (TPSA) is 50.4 Å². The van der Waals surface area contributed by atoms with Crippen LogP contribution in [0.1, 0.15) is 52.9 Å². The van der Waals surface area contributed by atoms with Gasteiger partial charge in [0, 0.05) is 12.6 Å². The minimum Gasteiger partial charge on any atom is -0.370 e. The Labute approximate surface area is 93.5 Å². The van der Waals surface area contributed by atoms with Gasteiger partial charge in [0.25, 0.3) is 0 Å². The van der Waals surface area contributed by atoms with Crippen molar-refractivity contribution in [1.29, 1.82) is 0 Å². The number of hydrogen-bond donors (Lipinski definition) is 2. The van der Waals surface area contributed by atoms with E-state index in [-0.39, 0.29) is 0 Å². The van der Waals surface area contributed by atoms with E-state index in [0.717, 1.165) is 13.0 Å². The third-order valence-electron chi connectivity index (χ3n) is 3.20. The van der Waals surface area contributed by atoms with E-state index < -0.39 is 0 Å². The van der Waals surface area contributed by atoms with E-state index in [1.54, 1.807) is 0 Å². The van der Waals surface area contributed by atoms with Crippen molar-refractivity contribution in [3.63, 3.8) is 0 Å². The Hall–Kier alpha value is -0.730. The molecular formula is C12H25N3. The zero-order chi connectivity index (χ0) is 11.3. The molecule has 1 rings (SSSR count). The fourth-order valence-electron chi connectivity index (χ4n) is 2.03. The number of nitrogens with two attached hydrogens (primary N) is 1. The van der Waals surface area contributed by atoms with Crippen LogP contribution in [-0.2, 0) is 0 Å². The molecule has 88 valence electrons. The molecular weight excluding hydrogens is 186 g/mol. The third-order valence-corrected chi connectivity index (χ3v) is 3.20. The highest BCUT2D eigenvalue weighted by atomic mass is 15.1. The SMILES string of the molecule is CCCN=C(N)NC1CCC(C)(C)CC1. The van der Waals surface area contributed by atoms with Crippen molar-refractivity contribution >= 4 is 5.96 Å². The Morgan fingerprint density at radius 3 is 2.53 bits per heavy atom. The Bertz CT molecular complexity index is 211. The molecule has 0 aromatic carbocycles. The molecule has 3 heteroatoms. The van der Waals surface area contributed by atoms with Crippen molar-refractivity contribution in [2.45, 2.75) is 58.9 Å². The van der Waals surface area contributed by atoms with Crippen LogP contribution in [0.2, 0.25) is 0 Å². The molecule has 0 bridgehead atoms. The summed E-state index contributed by atoms with van der Waals surface area (Å²) in [6.45, 7) is 7.63. The maximum atomic E-state index is 5.80. The Kier molecular flexibility index (Phi) is 4.43. The van der Waals surface area contributed by atoms with E-state index in [9.17, 15) is 0 Å². The van der Waals surface area contributed by atoms with Crippen molar-refractivity contribution < 1.29 is 0 Å². The van der Waals surface area contributed by atoms with E-state index in [0.29, 0.717) is 17.4 Å². The minimum absolute atomic E-state index is 0.521. The smallest absolute Gasteiger partial charge is 0.188 e. The van der Waals surface area contributed by atoms with Crippen LogP contribution in [0.3, 0.4) is 0 Å². The number of nitrogens with one attached hydrogen (secondary N) is 1. The molecule has 0 aliphatic heterocycles. The van der Waals surface area contributed by atoms with Gasteiger partial charge in [-0.2, -0.15) is 0 Å². The van der Waals surface area contributed by atoms with Gasteiger partial charge >= 0.3 is 0 Å². The van der Waals surface area contributed by atoms with Gasteiger partial charge in [-0.25, -0.2) is 0 Å². The van der Waals surface area contributed by atoms with Gasteiger partial charge < -0.3 is 11.1 Å². The van der Waals surface area contributed by atoms with Gasteiger partial charge in [0.1, 0.15) is 0 Å². The predicted octanol–water partition coefficient (Wildman–Crippen LogP) is 2.27. The van der Waals surface area contributed by atoms with E-state index in [2.05, 4.69) is 31.1 Å². The van der Waals surface area contributed by atoms with Crippen molar-refractivity contribution in [3.8, 4) is 0 Å². The first-order valence-electron chi connectivity index (χ1n) is 6.10. The fourth-order valence-corrected chi connectivity index (χ4v) is 2.03. The molecule has 15 heavy (non-hydrogen) atoms. The lowest BCUT2D eigenvalue weighted by atomic mass is 9.76. The zero-order valence-electron chi connectivity index (χ0n) is 10.3. The number of nitrogens with zero attached hydrogens (tertiary/aromatic N) is 1. The second kappa shape index (κ2) is 5.38. The number of rotatable bonds is 3. The number of hydrogen-bond acceptors (Lipinski definition) is 1. The summed E-state index contributed by atoms with van der Waals surface area (Å²) in [4.78, 5) is 4.26. The molecule has 0 spiro atoms. The molecule has 0 amide bonds. The maximum absolute atomic E-state index is 5.80. The first-order chi connectivity index (χ1) is 7.03. The lowest BCUT2D eigenvalue weighted by Crippen LogP contribution is -2.43. The van der Waals surface area contributed by atoms with Crippen molar-refractivity contribution in [3.05, 3.63) is 0 Å². The summed E-state index contributed by atoms with van der Waals surface area (Å²) in [5.41, 5.74) is 6.32. The van der Waals surface area contributed by atoms with Crippen LogP contribution in [-0.4, -0.2) is 18.5 Å². The molecule has 0 atom stereocenters. The molecule has 0 aromatic heterocycles. The van der Waals surface area contributed by atoms with Gasteiger partial charge in [0.15, 0.2) is 5.96 Å². The highest BCUT2D eigenvalue weighted by Crippen LogP contribution is 2.34. The van der Waals surface area contributed by atoms with Crippen LogP contribution in [0.25, 0.3) is 0 Å². The highest BCUT2D eigenvalue weighted by molar-refractivity contribution is 5.78. The average molecular weight is 211 g/mol. The molecule has 1 aliphatic carbocycles. The van der Waals surface area contributed by atoms with Crippen molar-refractivity contribution in [2.75, 3.05) is 6.54 Å². The quantitative estimate of drug-likeness (QED) is 0.556. The van der Waals surface area contributed by atoms with Gasteiger partial charge in [0.2, 0.25) is 0 Å². The van der Waals surface area contributed by atoms with E-state index in [1.807, 2.05) is 0 Å². The van der Waals surface area contributed by atoms with E-state index in [4.69, 9.17) is 5.73 Å². The summed E-state index contributed by atoms with van der Waals surface area (Å²) in [5, 5.41) is 3.32. The Balaban J connectivity index is 2.29. The first kappa shape index (κ1) is 12.3. The fraction of sp³-hybridized carbons (Fsp3) is 0.917. The van der Waals surface area contributed by atoms with Crippen molar-refractivity contribution in [2.24, 2.45) is 16.1 Å². The summed E-state index contributed by atoms with van der Waals surface area (Å²) in [5.74, 6) is 0.626. The van der Waals surface area contributed by atoms with E-state index in [1.165, 1.54) is 25.7 Å². The van der Waals surface area contributed by atoms with Crippen LogP contribution < -0.4 is 11.1 Å².